The molecular weight excluding hydrogens is 214 g/mol. The molecule has 14 heavy (non-hydrogen) atoms. The summed E-state index contributed by atoms with van der Waals surface area (Å²) in [4.78, 5) is 0. The lowest BCUT2D eigenvalue weighted by Crippen LogP contribution is -2.50. The first-order chi connectivity index (χ1) is 6.31. The lowest BCUT2D eigenvalue weighted by atomic mass is 10.1. The fraction of sp³-hybridized carbons (Fsp3) is 0.714. The molecule has 0 fully saturated rings. The van der Waals surface area contributed by atoms with E-state index in [4.69, 9.17) is 0 Å². The third kappa shape index (κ3) is 2.81. The van der Waals surface area contributed by atoms with Crippen LogP contribution < -0.4 is 0 Å². The van der Waals surface area contributed by atoms with Crippen molar-refractivity contribution in [3.63, 3.8) is 0 Å². The number of hydrogen-bond donors (Lipinski definition) is 0. The van der Waals surface area contributed by atoms with Crippen molar-refractivity contribution in [1.82, 2.24) is 0 Å². The maximum atomic E-state index is 12.5. The molecule has 0 aliphatic carbocycles. The number of alkyl halides is 6. The van der Waals surface area contributed by atoms with Gasteiger partial charge in [-0.2, -0.15) is 17.6 Å². The van der Waals surface area contributed by atoms with Crippen molar-refractivity contribution in [3.05, 3.63) is 12.8 Å². The van der Waals surface area contributed by atoms with E-state index in [-0.39, 0.29) is 6.26 Å². The maximum Gasteiger partial charge on any atom is 0.317 e. The Morgan fingerprint density at radius 3 is 1.64 bits per heavy atom. The molecule has 0 aromatic heterocycles. The first-order valence-electron chi connectivity index (χ1n) is 3.45. The Kier molecular flexibility index (Phi) is 4.28. The maximum absolute atomic E-state index is 12.5. The quantitative estimate of drug-likeness (QED) is 0.496. The molecule has 0 aromatic rings. The minimum absolute atomic E-state index is 0.289. The van der Waals surface area contributed by atoms with Gasteiger partial charge in [0.25, 0.3) is 0 Å². The lowest BCUT2D eigenvalue weighted by molar-refractivity contribution is -0.223. The minimum atomic E-state index is -4.45. The van der Waals surface area contributed by atoms with Crippen molar-refractivity contribution >= 4 is 0 Å². The van der Waals surface area contributed by atoms with Gasteiger partial charge in [-0.25, -0.2) is 8.78 Å². The van der Waals surface area contributed by atoms with Crippen molar-refractivity contribution in [1.29, 1.82) is 0 Å². The monoisotopic (exact) mass is 222 g/mol. The Bertz CT molecular complexity index is 177. The molecule has 0 radical (unpaired) electrons. The van der Waals surface area contributed by atoms with Crippen LogP contribution >= 0.6 is 0 Å². The van der Waals surface area contributed by atoms with Gasteiger partial charge in [-0.15, -0.1) is 0 Å². The van der Waals surface area contributed by atoms with Crippen LogP contribution in [0.2, 0.25) is 0 Å². The standard InChI is InChI=1S/C7H8F6O/c1-2-14-5(6(10,11)3-8)7(12,13)4-9/h2,5H,1,3-4H2. The van der Waals surface area contributed by atoms with E-state index in [1.54, 1.807) is 0 Å². The topological polar surface area (TPSA) is 9.23 Å². The summed E-state index contributed by atoms with van der Waals surface area (Å²) in [5, 5.41) is 0. The number of hydrogen-bond acceptors (Lipinski definition) is 1. The van der Waals surface area contributed by atoms with E-state index in [2.05, 4.69) is 11.3 Å². The van der Waals surface area contributed by atoms with Crippen molar-refractivity contribution in [2.24, 2.45) is 0 Å². The van der Waals surface area contributed by atoms with Crippen molar-refractivity contribution < 1.29 is 31.1 Å². The van der Waals surface area contributed by atoms with E-state index in [0.717, 1.165) is 0 Å². The molecule has 0 aliphatic rings. The zero-order valence-electron chi connectivity index (χ0n) is 6.95. The summed E-state index contributed by atoms with van der Waals surface area (Å²) in [5.41, 5.74) is 0. The molecule has 0 saturated carbocycles. The van der Waals surface area contributed by atoms with E-state index >= 15 is 0 Å². The molecule has 1 nitrogen and oxygen atoms in total. The normalized spacial score (nSPS) is 13.1. The average Bonchev–Trinajstić information content (AvgIpc) is 2.13. The van der Waals surface area contributed by atoms with Crippen molar-refractivity contribution in [2.75, 3.05) is 13.3 Å². The van der Waals surface area contributed by atoms with Gasteiger partial charge in [-0.3, -0.25) is 0 Å². The number of halogens is 6. The van der Waals surface area contributed by atoms with Gasteiger partial charge in [0.05, 0.1) is 6.26 Å². The molecule has 0 spiro atoms. The number of rotatable bonds is 6. The van der Waals surface area contributed by atoms with Crippen LogP contribution in [0.1, 0.15) is 0 Å². The second-order valence-electron chi connectivity index (χ2n) is 2.47. The molecular formula is C7H8F6O. The van der Waals surface area contributed by atoms with E-state index in [1.165, 1.54) is 0 Å². The van der Waals surface area contributed by atoms with Crippen LogP contribution in [-0.2, 0) is 4.74 Å². The Morgan fingerprint density at radius 2 is 1.43 bits per heavy atom. The van der Waals surface area contributed by atoms with Gasteiger partial charge >= 0.3 is 11.8 Å². The highest BCUT2D eigenvalue weighted by Gasteiger charge is 2.57. The average molecular weight is 222 g/mol. The number of ether oxygens (including phenoxy) is 1. The Morgan fingerprint density at radius 1 is 1.07 bits per heavy atom. The summed E-state index contributed by atoms with van der Waals surface area (Å²) >= 11 is 0. The smallest absolute Gasteiger partial charge is 0.317 e. The summed E-state index contributed by atoms with van der Waals surface area (Å²) in [6.07, 6.45) is -2.89. The van der Waals surface area contributed by atoms with Gasteiger partial charge in [0, 0.05) is 0 Å². The fourth-order valence-corrected chi connectivity index (χ4v) is 0.744. The van der Waals surface area contributed by atoms with Crippen LogP contribution in [0.4, 0.5) is 26.3 Å². The summed E-state index contributed by atoms with van der Waals surface area (Å²) in [6, 6.07) is 0. The second-order valence-corrected chi connectivity index (χ2v) is 2.47. The predicted molar refractivity (Wildman–Crippen MR) is 36.9 cm³/mol. The van der Waals surface area contributed by atoms with Crippen LogP contribution in [0, 0.1) is 0 Å². The molecule has 0 bridgehead atoms. The predicted octanol–water partition coefficient (Wildman–Crippen LogP) is 2.72. The Balaban J connectivity index is 4.84. The van der Waals surface area contributed by atoms with E-state index < -0.39 is 31.3 Å². The molecule has 0 aromatic carbocycles. The fourth-order valence-electron chi connectivity index (χ4n) is 0.744. The van der Waals surface area contributed by atoms with Crippen LogP contribution in [0.15, 0.2) is 12.8 Å². The summed E-state index contributed by atoms with van der Waals surface area (Å²) < 4.78 is 77.1. The van der Waals surface area contributed by atoms with Crippen molar-refractivity contribution in [3.8, 4) is 0 Å². The van der Waals surface area contributed by atoms with E-state index in [9.17, 15) is 26.3 Å². The largest absolute Gasteiger partial charge is 0.486 e. The molecule has 0 aliphatic heterocycles. The highest BCUT2D eigenvalue weighted by molar-refractivity contribution is 4.90. The lowest BCUT2D eigenvalue weighted by Gasteiger charge is -2.28. The van der Waals surface area contributed by atoms with Gasteiger partial charge < -0.3 is 4.74 Å². The zero-order valence-corrected chi connectivity index (χ0v) is 6.95. The zero-order chi connectivity index (χ0) is 11.4. The molecule has 0 saturated heterocycles. The summed E-state index contributed by atoms with van der Waals surface area (Å²) in [5.74, 6) is -8.91. The van der Waals surface area contributed by atoms with Gasteiger partial charge in [0.1, 0.15) is 0 Å². The van der Waals surface area contributed by atoms with Gasteiger partial charge in [-0.05, 0) is 0 Å². The molecule has 0 heterocycles. The van der Waals surface area contributed by atoms with Crippen LogP contribution in [0.3, 0.4) is 0 Å². The highest BCUT2D eigenvalue weighted by Crippen LogP contribution is 2.34. The molecule has 0 rings (SSSR count). The highest BCUT2D eigenvalue weighted by atomic mass is 19.3. The van der Waals surface area contributed by atoms with Gasteiger partial charge in [0.15, 0.2) is 13.3 Å². The molecule has 0 unspecified atom stereocenters. The Hall–Kier alpha value is -0.880. The van der Waals surface area contributed by atoms with Crippen LogP contribution in [0.5, 0.6) is 0 Å². The first kappa shape index (κ1) is 13.1. The third-order valence-corrected chi connectivity index (χ3v) is 1.36. The molecule has 7 heteroatoms. The molecule has 0 amide bonds. The SMILES string of the molecule is C=COC(C(F)(F)CF)C(F)(F)CF. The molecule has 84 valence electrons. The summed E-state index contributed by atoms with van der Waals surface area (Å²) in [7, 11) is 0. The Labute approximate surface area is 76.3 Å². The summed E-state index contributed by atoms with van der Waals surface area (Å²) in [6.45, 7) is -1.96. The molecule has 0 atom stereocenters. The van der Waals surface area contributed by atoms with E-state index in [0.29, 0.717) is 0 Å². The van der Waals surface area contributed by atoms with Gasteiger partial charge in [0.2, 0.25) is 6.10 Å². The van der Waals surface area contributed by atoms with Crippen molar-refractivity contribution in [2.45, 2.75) is 17.9 Å². The van der Waals surface area contributed by atoms with E-state index in [1.807, 2.05) is 0 Å². The third-order valence-electron chi connectivity index (χ3n) is 1.36. The second kappa shape index (κ2) is 4.56. The van der Waals surface area contributed by atoms with Crippen LogP contribution in [0.25, 0.3) is 0 Å². The van der Waals surface area contributed by atoms with Gasteiger partial charge in [-0.1, -0.05) is 6.58 Å². The minimum Gasteiger partial charge on any atom is -0.486 e. The van der Waals surface area contributed by atoms with Crippen LogP contribution in [-0.4, -0.2) is 31.3 Å². The molecule has 0 N–H and O–H groups in total. The first-order valence-corrected chi connectivity index (χ1v) is 3.45.